The van der Waals surface area contributed by atoms with Crippen LogP contribution in [0, 0.1) is 11.3 Å². The van der Waals surface area contributed by atoms with Crippen LogP contribution in [-0.4, -0.2) is 12.0 Å². The van der Waals surface area contributed by atoms with Crippen molar-refractivity contribution in [2.45, 2.75) is 26.4 Å². The number of nitriles is 1. The average molecular weight is 370 g/mol. The summed E-state index contributed by atoms with van der Waals surface area (Å²) in [6, 6.07) is 24.9. The molecule has 0 radical (unpaired) electrons. The van der Waals surface area contributed by atoms with Gasteiger partial charge in [0, 0.05) is 5.69 Å². The summed E-state index contributed by atoms with van der Waals surface area (Å²) in [6.45, 7) is 3.82. The molecule has 0 unspecified atom stereocenters. The van der Waals surface area contributed by atoms with Gasteiger partial charge in [0.15, 0.2) is 6.10 Å². The molecule has 0 bridgehead atoms. The molecule has 0 fully saturated rings. The van der Waals surface area contributed by atoms with Crippen molar-refractivity contribution in [3.05, 3.63) is 83.9 Å². The first-order valence-corrected chi connectivity index (χ1v) is 9.26. The lowest BCUT2D eigenvalue weighted by molar-refractivity contribution is -0.122. The summed E-state index contributed by atoms with van der Waals surface area (Å²) in [5.74, 6) is 0.432. The van der Waals surface area contributed by atoms with Crippen LogP contribution in [0.5, 0.6) is 5.75 Å². The van der Waals surface area contributed by atoms with E-state index in [9.17, 15) is 4.79 Å². The largest absolute Gasteiger partial charge is 0.481 e. The first-order valence-electron chi connectivity index (χ1n) is 9.26. The van der Waals surface area contributed by atoms with Gasteiger partial charge in [-0.05, 0) is 66.4 Å². The van der Waals surface area contributed by atoms with Crippen LogP contribution in [0.3, 0.4) is 0 Å². The topological polar surface area (TPSA) is 62.1 Å². The normalized spacial score (nSPS) is 11.3. The van der Waals surface area contributed by atoms with Gasteiger partial charge in [-0.25, -0.2) is 0 Å². The number of carbonyl (C=O) groups is 1. The zero-order valence-electron chi connectivity index (χ0n) is 16.0. The molecule has 0 aliphatic carbocycles. The molecule has 28 heavy (non-hydrogen) atoms. The van der Waals surface area contributed by atoms with Crippen LogP contribution in [0.1, 0.15) is 25.0 Å². The number of hydrogen-bond donors (Lipinski definition) is 1. The maximum Gasteiger partial charge on any atom is 0.265 e. The van der Waals surface area contributed by atoms with E-state index in [1.54, 1.807) is 19.1 Å². The Morgan fingerprint density at radius 3 is 2.07 bits per heavy atom. The highest BCUT2D eigenvalue weighted by atomic mass is 16.5. The first kappa shape index (κ1) is 19.2. The van der Waals surface area contributed by atoms with Gasteiger partial charge in [0.25, 0.3) is 5.91 Å². The number of aryl methyl sites for hydroxylation is 1. The lowest BCUT2D eigenvalue weighted by atomic mass is 10.0. The molecule has 3 rings (SSSR count). The van der Waals surface area contributed by atoms with Gasteiger partial charge in [0.2, 0.25) is 0 Å². The van der Waals surface area contributed by atoms with Crippen LogP contribution in [0.2, 0.25) is 0 Å². The Labute approximate surface area is 165 Å². The van der Waals surface area contributed by atoms with E-state index >= 15 is 0 Å². The summed E-state index contributed by atoms with van der Waals surface area (Å²) >= 11 is 0. The van der Waals surface area contributed by atoms with Gasteiger partial charge in [-0.3, -0.25) is 4.79 Å². The van der Waals surface area contributed by atoms with Gasteiger partial charge in [-0.1, -0.05) is 43.3 Å². The van der Waals surface area contributed by atoms with Crippen molar-refractivity contribution in [2.24, 2.45) is 0 Å². The van der Waals surface area contributed by atoms with Gasteiger partial charge in [-0.2, -0.15) is 5.26 Å². The predicted molar refractivity (Wildman–Crippen MR) is 111 cm³/mol. The van der Waals surface area contributed by atoms with Crippen molar-refractivity contribution in [3.63, 3.8) is 0 Å². The van der Waals surface area contributed by atoms with Crippen LogP contribution in [0.25, 0.3) is 11.1 Å². The smallest absolute Gasteiger partial charge is 0.265 e. The van der Waals surface area contributed by atoms with E-state index in [1.165, 1.54) is 5.56 Å². The predicted octanol–water partition coefficient (Wildman–Crippen LogP) is 5.19. The first-order chi connectivity index (χ1) is 13.6. The fraction of sp³-hybridized carbons (Fsp3) is 0.167. The van der Waals surface area contributed by atoms with E-state index in [-0.39, 0.29) is 5.91 Å². The van der Waals surface area contributed by atoms with Crippen LogP contribution in [-0.2, 0) is 11.2 Å². The molecule has 1 N–H and O–H groups in total. The maximum atomic E-state index is 12.4. The zero-order valence-corrected chi connectivity index (χ0v) is 16.0. The van der Waals surface area contributed by atoms with Gasteiger partial charge in [-0.15, -0.1) is 0 Å². The summed E-state index contributed by atoms with van der Waals surface area (Å²) in [5, 5.41) is 11.8. The Morgan fingerprint density at radius 2 is 1.54 bits per heavy atom. The minimum Gasteiger partial charge on any atom is -0.481 e. The Bertz CT molecular complexity index is 969. The van der Waals surface area contributed by atoms with Crippen LogP contribution in [0.4, 0.5) is 5.69 Å². The highest BCUT2D eigenvalue weighted by Crippen LogP contribution is 2.23. The number of ether oxygens (including phenoxy) is 1. The second kappa shape index (κ2) is 8.88. The zero-order chi connectivity index (χ0) is 19.9. The summed E-state index contributed by atoms with van der Waals surface area (Å²) in [7, 11) is 0. The van der Waals surface area contributed by atoms with E-state index in [1.807, 2.05) is 60.7 Å². The molecule has 3 aromatic carbocycles. The van der Waals surface area contributed by atoms with Gasteiger partial charge in [0.05, 0.1) is 11.6 Å². The van der Waals surface area contributed by atoms with Crippen LogP contribution in [0.15, 0.2) is 72.8 Å². The quantitative estimate of drug-likeness (QED) is 0.649. The lowest BCUT2D eigenvalue weighted by Crippen LogP contribution is -2.30. The SMILES string of the molecule is CCc1ccc(NC(=O)[C@@H](C)Oc2ccc(-c3ccc(C#N)cc3)cc2)cc1. The third-order valence-electron chi connectivity index (χ3n) is 4.51. The number of nitrogens with one attached hydrogen (secondary N) is 1. The standard InChI is InChI=1S/C24H22N2O2/c1-3-18-6-12-22(13-7-18)26-24(27)17(2)28-23-14-10-21(11-15-23)20-8-4-19(16-25)5-9-20/h4-15,17H,3H2,1-2H3,(H,26,27)/t17-/m1/s1. The molecule has 0 aliphatic heterocycles. The molecule has 1 amide bonds. The Kier molecular flexibility index (Phi) is 6.08. The van der Waals surface area contributed by atoms with Gasteiger partial charge < -0.3 is 10.1 Å². The second-order valence-electron chi connectivity index (χ2n) is 6.51. The molecule has 0 heterocycles. The van der Waals surface area contributed by atoms with Crippen LogP contribution < -0.4 is 10.1 Å². The van der Waals surface area contributed by atoms with E-state index in [2.05, 4.69) is 18.3 Å². The van der Waals surface area contributed by atoms with Crippen molar-refractivity contribution in [3.8, 4) is 22.9 Å². The Balaban J connectivity index is 1.60. The lowest BCUT2D eigenvalue weighted by Gasteiger charge is -2.15. The fourth-order valence-electron chi connectivity index (χ4n) is 2.79. The van der Waals surface area contributed by atoms with Crippen molar-refractivity contribution in [1.29, 1.82) is 5.26 Å². The molecule has 1 atom stereocenters. The van der Waals surface area contributed by atoms with Gasteiger partial charge >= 0.3 is 0 Å². The molecule has 0 saturated heterocycles. The number of rotatable bonds is 6. The van der Waals surface area contributed by atoms with E-state index < -0.39 is 6.10 Å². The number of anilines is 1. The summed E-state index contributed by atoms with van der Waals surface area (Å²) in [4.78, 5) is 12.4. The number of benzene rings is 3. The molecule has 0 aliphatic rings. The number of hydrogen-bond acceptors (Lipinski definition) is 3. The molecule has 0 saturated carbocycles. The number of amides is 1. The molecule has 140 valence electrons. The number of nitrogens with zero attached hydrogens (tertiary/aromatic N) is 1. The van der Waals surface area contributed by atoms with Crippen molar-refractivity contribution in [2.75, 3.05) is 5.32 Å². The molecule has 4 nitrogen and oxygen atoms in total. The summed E-state index contributed by atoms with van der Waals surface area (Å²) in [5.41, 5.74) is 4.66. The van der Waals surface area contributed by atoms with Crippen molar-refractivity contribution in [1.82, 2.24) is 0 Å². The molecular formula is C24H22N2O2. The third-order valence-corrected chi connectivity index (χ3v) is 4.51. The summed E-state index contributed by atoms with van der Waals surface area (Å²) < 4.78 is 5.77. The third kappa shape index (κ3) is 4.77. The van der Waals surface area contributed by atoms with Gasteiger partial charge in [0.1, 0.15) is 5.75 Å². The second-order valence-corrected chi connectivity index (χ2v) is 6.51. The van der Waals surface area contributed by atoms with Crippen molar-refractivity contribution < 1.29 is 9.53 Å². The molecule has 3 aromatic rings. The molecule has 4 heteroatoms. The highest BCUT2D eigenvalue weighted by molar-refractivity contribution is 5.94. The average Bonchev–Trinajstić information content (AvgIpc) is 2.75. The Morgan fingerprint density at radius 1 is 0.964 bits per heavy atom. The molecule has 0 spiro atoms. The van der Waals surface area contributed by atoms with Crippen LogP contribution >= 0.6 is 0 Å². The minimum atomic E-state index is -0.619. The number of carbonyl (C=O) groups excluding carboxylic acids is 1. The molecular weight excluding hydrogens is 348 g/mol. The fourth-order valence-corrected chi connectivity index (χ4v) is 2.79. The summed E-state index contributed by atoms with van der Waals surface area (Å²) in [6.07, 6.45) is 0.346. The maximum absolute atomic E-state index is 12.4. The van der Waals surface area contributed by atoms with E-state index in [0.29, 0.717) is 11.3 Å². The van der Waals surface area contributed by atoms with E-state index in [0.717, 1.165) is 23.2 Å². The monoisotopic (exact) mass is 370 g/mol. The molecule has 0 aromatic heterocycles. The Hall–Kier alpha value is -3.58. The van der Waals surface area contributed by atoms with Crippen molar-refractivity contribution >= 4 is 11.6 Å². The van der Waals surface area contributed by atoms with E-state index in [4.69, 9.17) is 10.00 Å². The highest BCUT2D eigenvalue weighted by Gasteiger charge is 2.15. The minimum absolute atomic E-state index is 0.194.